The minimum Gasteiger partial charge on any atom is -0.310 e. The molecule has 0 aliphatic heterocycles. The van der Waals surface area contributed by atoms with Gasteiger partial charge in [0, 0.05) is 24.3 Å². The highest BCUT2D eigenvalue weighted by atomic mass is 15.3. The molecule has 20 heavy (non-hydrogen) atoms. The molecule has 106 valence electrons. The Balaban J connectivity index is 1.94. The van der Waals surface area contributed by atoms with Crippen LogP contribution < -0.4 is 5.32 Å². The van der Waals surface area contributed by atoms with Gasteiger partial charge in [-0.25, -0.2) is 0 Å². The Hall–Kier alpha value is -1.61. The minimum atomic E-state index is 0.528. The summed E-state index contributed by atoms with van der Waals surface area (Å²) >= 11 is 0. The smallest absolute Gasteiger partial charge is 0.0568 e. The zero-order valence-electron chi connectivity index (χ0n) is 12.4. The predicted octanol–water partition coefficient (Wildman–Crippen LogP) is 3.56. The largest absolute Gasteiger partial charge is 0.310 e. The first-order chi connectivity index (χ1) is 9.83. The van der Waals surface area contributed by atoms with Crippen molar-refractivity contribution in [2.45, 2.75) is 45.7 Å². The van der Waals surface area contributed by atoms with Gasteiger partial charge >= 0.3 is 0 Å². The Labute approximate surface area is 121 Å². The molecule has 1 atom stereocenters. The maximum atomic E-state index is 4.46. The van der Waals surface area contributed by atoms with Crippen LogP contribution in [0, 0.1) is 0 Å². The van der Waals surface area contributed by atoms with Crippen molar-refractivity contribution in [2.24, 2.45) is 0 Å². The van der Waals surface area contributed by atoms with Crippen LogP contribution in [0.3, 0.4) is 0 Å². The first kappa shape index (κ1) is 13.4. The quantitative estimate of drug-likeness (QED) is 0.899. The van der Waals surface area contributed by atoms with Gasteiger partial charge in [-0.3, -0.25) is 4.68 Å². The first-order valence-corrected chi connectivity index (χ1v) is 7.71. The van der Waals surface area contributed by atoms with Crippen LogP contribution in [0.5, 0.6) is 0 Å². The lowest BCUT2D eigenvalue weighted by Crippen LogP contribution is -2.18. The Bertz CT molecular complexity index is 586. The Kier molecular flexibility index (Phi) is 3.88. The summed E-state index contributed by atoms with van der Waals surface area (Å²) in [6, 6.07) is 7.22. The van der Waals surface area contributed by atoms with Gasteiger partial charge in [-0.05, 0) is 42.5 Å². The lowest BCUT2D eigenvalue weighted by molar-refractivity contribution is 0.549. The van der Waals surface area contributed by atoms with E-state index in [-0.39, 0.29) is 0 Å². The van der Waals surface area contributed by atoms with Gasteiger partial charge < -0.3 is 5.32 Å². The van der Waals surface area contributed by atoms with Crippen molar-refractivity contribution in [1.29, 1.82) is 0 Å². The van der Waals surface area contributed by atoms with Crippen molar-refractivity contribution >= 4 is 0 Å². The molecular weight excluding hydrogens is 246 g/mol. The predicted molar refractivity (Wildman–Crippen MR) is 82.7 cm³/mol. The lowest BCUT2D eigenvalue weighted by atomic mass is 9.98. The van der Waals surface area contributed by atoms with Crippen LogP contribution in [-0.4, -0.2) is 16.3 Å². The molecule has 0 amide bonds. The second-order valence-corrected chi connectivity index (χ2v) is 5.51. The zero-order chi connectivity index (χ0) is 13.9. The maximum absolute atomic E-state index is 4.46. The molecule has 1 aliphatic carbocycles. The number of fused-ring (bicyclic) bond motifs is 1. The number of rotatable bonds is 5. The van der Waals surface area contributed by atoms with E-state index in [0.717, 1.165) is 19.5 Å². The third-order valence-corrected chi connectivity index (χ3v) is 4.12. The highest BCUT2D eigenvalue weighted by molar-refractivity contribution is 5.68. The normalized spacial score (nSPS) is 17.4. The fraction of sp³-hybridized carbons (Fsp3) is 0.471. The lowest BCUT2D eigenvalue weighted by Gasteiger charge is -2.13. The summed E-state index contributed by atoms with van der Waals surface area (Å²) in [4.78, 5) is 0. The van der Waals surface area contributed by atoms with Gasteiger partial charge in [-0.15, -0.1) is 0 Å². The molecule has 1 unspecified atom stereocenters. The standard InChI is InChI=1S/C17H23N3/c1-3-10-20-12-13(11-19-20)14-6-5-7-16-15(14)8-9-17(16)18-4-2/h5-7,11-12,17-18H,3-4,8-10H2,1-2H3. The van der Waals surface area contributed by atoms with Crippen LogP contribution in [-0.2, 0) is 13.0 Å². The summed E-state index contributed by atoms with van der Waals surface area (Å²) in [7, 11) is 0. The van der Waals surface area contributed by atoms with E-state index in [1.54, 1.807) is 0 Å². The van der Waals surface area contributed by atoms with E-state index in [9.17, 15) is 0 Å². The van der Waals surface area contributed by atoms with Crippen molar-refractivity contribution in [3.63, 3.8) is 0 Å². The van der Waals surface area contributed by atoms with Crippen molar-refractivity contribution in [3.05, 3.63) is 41.7 Å². The third-order valence-electron chi connectivity index (χ3n) is 4.12. The summed E-state index contributed by atoms with van der Waals surface area (Å²) in [5, 5.41) is 8.05. The average Bonchev–Trinajstić information content (AvgIpc) is 3.07. The molecule has 0 fully saturated rings. The topological polar surface area (TPSA) is 29.9 Å². The van der Waals surface area contributed by atoms with Gasteiger partial charge in [0.25, 0.3) is 0 Å². The molecule has 1 aliphatic rings. The third kappa shape index (κ3) is 2.38. The zero-order valence-corrected chi connectivity index (χ0v) is 12.4. The second-order valence-electron chi connectivity index (χ2n) is 5.51. The summed E-state index contributed by atoms with van der Waals surface area (Å²) in [6.07, 6.45) is 7.69. The van der Waals surface area contributed by atoms with E-state index in [1.807, 2.05) is 10.9 Å². The van der Waals surface area contributed by atoms with Crippen LogP contribution in [0.4, 0.5) is 0 Å². The van der Waals surface area contributed by atoms with Gasteiger partial charge in [0.2, 0.25) is 0 Å². The highest BCUT2D eigenvalue weighted by Crippen LogP contribution is 2.37. The average molecular weight is 269 g/mol. The fourth-order valence-electron chi connectivity index (χ4n) is 3.24. The van der Waals surface area contributed by atoms with E-state index in [2.05, 4.69) is 48.7 Å². The van der Waals surface area contributed by atoms with Gasteiger partial charge in [0.15, 0.2) is 0 Å². The van der Waals surface area contributed by atoms with E-state index >= 15 is 0 Å². The van der Waals surface area contributed by atoms with Crippen LogP contribution in [0.2, 0.25) is 0 Å². The van der Waals surface area contributed by atoms with E-state index < -0.39 is 0 Å². The van der Waals surface area contributed by atoms with Crippen LogP contribution in [0.25, 0.3) is 11.1 Å². The number of benzene rings is 1. The maximum Gasteiger partial charge on any atom is 0.0568 e. The Morgan fingerprint density at radius 1 is 1.35 bits per heavy atom. The molecule has 1 heterocycles. The molecule has 3 rings (SSSR count). The SMILES string of the molecule is CCCn1cc(-c2cccc3c2CCC3NCC)cn1. The number of aryl methyl sites for hydroxylation is 1. The van der Waals surface area contributed by atoms with Gasteiger partial charge in [0.1, 0.15) is 0 Å². The van der Waals surface area contributed by atoms with Crippen LogP contribution >= 0.6 is 0 Å². The number of nitrogens with one attached hydrogen (secondary N) is 1. The molecule has 1 N–H and O–H groups in total. The Morgan fingerprint density at radius 2 is 2.25 bits per heavy atom. The molecule has 0 bridgehead atoms. The fourth-order valence-corrected chi connectivity index (χ4v) is 3.24. The number of aromatic nitrogens is 2. The van der Waals surface area contributed by atoms with E-state index in [1.165, 1.54) is 35.1 Å². The van der Waals surface area contributed by atoms with Crippen molar-refractivity contribution in [1.82, 2.24) is 15.1 Å². The summed E-state index contributed by atoms with van der Waals surface area (Å²) in [5.41, 5.74) is 5.61. The minimum absolute atomic E-state index is 0.528. The number of nitrogens with zero attached hydrogens (tertiary/aromatic N) is 2. The summed E-state index contributed by atoms with van der Waals surface area (Å²) in [6.45, 7) is 6.39. The number of hydrogen-bond donors (Lipinski definition) is 1. The van der Waals surface area contributed by atoms with Crippen molar-refractivity contribution < 1.29 is 0 Å². The van der Waals surface area contributed by atoms with E-state index in [0.29, 0.717) is 6.04 Å². The molecule has 0 radical (unpaired) electrons. The molecule has 3 nitrogen and oxygen atoms in total. The van der Waals surface area contributed by atoms with Gasteiger partial charge in [0.05, 0.1) is 6.20 Å². The molecule has 0 saturated heterocycles. The second kappa shape index (κ2) is 5.80. The summed E-state index contributed by atoms with van der Waals surface area (Å²) in [5.74, 6) is 0. The Morgan fingerprint density at radius 3 is 3.05 bits per heavy atom. The molecular formula is C17H23N3. The van der Waals surface area contributed by atoms with Crippen molar-refractivity contribution in [3.8, 4) is 11.1 Å². The molecule has 1 aromatic carbocycles. The molecule has 2 aromatic rings. The van der Waals surface area contributed by atoms with Crippen LogP contribution in [0.1, 0.15) is 43.9 Å². The first-order valence-electron chi connectivity index (χ1n) is 7.71. The number of hydrogen-bond acceptors (Lipinski definition) is 2. The van der Waals surface area contributed by atoms with E-state index in [4.69, 9.17) is 0 Å². The molecule has 0 saturated carbocycles. The molecule has 3 heteroatoms. The van der Waals surface area contributed by atoms with Gasteiger partial charge in [-0.1, -0.05) is 32.0 Å². The summed E-state index contributed by atoms with van der Waals surface area (Å²) < 4.78 is 2.05. The molecule has 0 spiro atoms. The molecule has 1 aromatic heterocycles. The van der Waals surface area contributed by atoms with Gasteiger partial charge in [-0.2, -0.15) is 5.10 Å². The van der Waals surface area contributed by atoms with Crippen molar-refractivity contribution in [2.75, 3.05) is 6.54 Å². The highest BCUT2D eigenvalue weighted by Gasteiger charge is 2.24. The van der Waals surface area contributed by atoms with Crippen LogP contribution in [0.15, 0.2) is 30.6 Å². The monoisotopic (exact) mass is 269 g/mol.